The number of amides is 1. The summed E-state index contributed by atoms with van der Waals surface area (Å²) in [7, 11) is 0. The zero-order chi connectivity index (χ0) is 19.1. The summed E-state index contributed by atoms with van der Waals surface area (Å²) in [5, 5.41) is 3.06. The Labute approximate surface area is 161 Å². The van der Waals surface area contributed by atoms with E-state index in [4.69, 9.17) is 9.47 Å². The lowest BCUT2D eigenvalue weighted by molar-refractivity contribution is -0.127. The van der Waals surface area contributed by atoms with Gasteiger partial charge in [-0.3, -0.25) is 9.69 Å². The number of morpholine rings is 1. The van der Waals surface area contributed by atoms with Crippen LogP contribution in [0, 0.1) is 6.92 Å². The summed E-state index contributed by atoms with van der Waals surface area (Å²) < 4.78 is 11.2. The fourth-order valence-corrected chi connectivity index (χ4v) is 3.24. The van der Waals surface area contributed by atoms with Gasteiger partial charge in [0, 0.05) is 19.6 Å². The Bertz CT molecular complexity index is 712. The average molecular weight is 368 g/mol. The van der Waals surface area contributed by atoms with Gasteiger partial charge in [-0.05, 0) is 31.5 Å². The zero-order valence-corrected chi connectivity index (χ0v) is 16.1. The quantitative estimate of drug-likeness (QED) is 0.816. The lowest BCUT2D eigenvalue weighted by atomic mass is 10.0. The fraction of sp³-hybridized carbons (Fsp3) is 0.409. The first-order valence-corrected chi connectivity index (χ1v) is 9.51. The molecule has 27 heavy (non-hydrogen) atoms. The first-order valence-electron chi connectivity index (χ1n) is 9.51. The summed E-state index contributed by atoms with van der Waals surface area (Å²) in [6.45, 7) is 7.53. The van der Waals surface area contributed by atoms with Crippen molar-refractivity contribution >= 4 is 5.91 Å². The molecule has 0 aromatic heterocycles. The highest BCUT2D eigenvalue weighted by Gasteiger charge is 2.24. The molecule has 0 saturated carbocycles. The highest BCUT2D eigenvalue weighted by atomic mass is 16.5. The van der Waals surface area contributed by atoms with Gasteiger partial charge in [0.2, 0.25) is 0 Å². The lowest BCUT2D eigenvalue weighted by Gasteiger charge is -2.35. The van der Waals surface area contributed by atoms with Crippen LogP contribution < -0.4 is 10.1 Å². The van der Waals surface area contributed by atoms with Gasteiger partial charge in [0.05, 0.1) is 19.3 Å². The molecule has 1 aliphatic heterocycles. The molecular formula is C22H28N2O3. The highest BCUT2D eigenvalue weighted by Crippen LogP contribution is 2.21. The van der Waals surface area contributed by atoms with Crippen molar-refractivity contribution in [3.63, 3.8) is 0 Å². The number of ether oxygens (including phenoxy) is 2. The van der Waals surface area contributed by atoms with Crippen molar-refractivity contribution in [3.05, 3.63) is 65.7 Å². The number of benzene rings is 2. The van der Waals surface area contributed by atoms with E-state index in [1.807, 2.05) is 49.4 Å². The average Bonchev–Trinajstić information content (AvgIpc) is 2.71. The molecule has 2 unspecified atom stereocenters. The van der Waals surface area contributed by atoms with Gasteiger partial charge in [-0.1, -0.05) is 48.0 Å². The molecule has 144 valence electrons. The van der Waals surface area contributed by atoms with Crippen LogP contribution in [0.3, 0.4) is 0 Å². The van der Waals surface area contributed by atoms with Crippen molar-refractivity contribution in [2.45, 2.75) is 26.0 Å². The monoisotopic (exact) mass is 368 g/mol. The van der Waals surface area contributed by atoms with Gasteiger partial charge < -0.3 is 14.8 Å². The maximum atomic E-state index is 12.6. The molecule has 3 rings (SSSR count). The zero-order valence-electron chi connectivity index (χ0n) is 16.1. The Kier molecular flexibility index (Phi) is 6.85. The second kappa shape index (κ2) is 9.53. The molecule has 1 N–H and O–H groups in total. The standard InChI is InChI=1S/C22H28N2O3/c1-17-8-10-20(11-9-17)27-18(2)22(25)23-16-21(19-6-4-3-5-7-19)24-12-14-26-15-13-24/h3-11,18,21H,12-16H2,1-2H3,(H,23,25). The van der Waals surface area contributed by atoms with Crippen LogP contribution in [0.4, 0.5) is 0 Å². The Balaban J connectivity index is 1.60. The van der Waals surface area contributed by atoms with Gasteiger partial charge in [-0.2, -0.15) is 0 Å². The largest absolute Gasteiger partial charge is 0.481 e. The van der Waals surface area contributed by atoms with Gasteiger partial charge in [-0.25, -0.2) is 0 Å². The molecule has 5 heteroatoms. The van der Waals surface area contributed by atoms with Crippen LogP contribution >= 0.6 is 0 Å². The Hall–Kier alpha value is -2.37. The molecule has 2 atom stereocenters. The topological polar surface area (TPSA) is 50.8 Å². The Morgan fingerprint density at radius 2 is 1.78 bits per heavy atom. The number of rotatable bonds is 7. The van der Waals surface area contributed by atoms with Gasteiger partial charge in [0.1, 0.15) is 5.75 Å². The Morgan fingerprint density at radius 1 is 1.11 bits per heavy atom. The van der Waals surface area contributed by atoms with E-state index < -0.39 is 6.10 Å². The molecular weight excluding hydrogens is 340 g/mol. The van der Waals surface area contributed by atoms with E-state index in [2.05, 4.69) is 22.3 Å². The second-order valence-electron chi connectivity index (χ2n) is 6.89. The van der Waals surface area contributed by atoms with E-state index in [9.17, 15) is 4.79 Å². The molecule has 5 nitrogen and oxygen atoms in total. The Morgan fingerprint density at radius 3 is 2.44 bits per heavy atom. The number of carbonyl (C=O) groups is 1. The fourth-order valence-electron chi connectivity index (χ4n) is 3.24. The third kappa shape index (κ3) is 5.55. The van der Waals surface area contributed by atoms with Crippen LogP contribution in [-0.4, -0.2) is 49.8 Å². The smallest absolute Gasteiger partial charge is 0.260 e. The first kappa shape index (κ1) is 19.4. The van der Waals surface area contributed by atoms with E-state index in [1.165, 1.54) is 5.56 Å². The summed E-state index contributed by atoms with van der Waals surface area (Å²) >= 11 is 0. The van der Waals surface area contributed by atoms with E-state index in [-0.39, 0.29) is 11.9 Å². The molecule has 1 amide bonds. The minimum atomic E-state index is -0.547. The molecule has 0 bridgehead atoms. The summed E-state index contributed by atoms with van der Waals surface area (Å²) in [6.07, 6.45) is -0.547. The van der Waals surface area contributed by atoms with Gasteiger partial charge >= 0.3 is 0 Å². The van der Waals surface area contributed by atoms with Crippen LogP contribution in [0.15, 0.2) is 54.6 Å². The number of hydrogen-bond acceptors (Lipinski definition) is 4. The van der Waals surface area contributed by atoms with Crippen molar-refractivity contribution in [1.29, 1.82) is 0 Å². The maximum absolute atomic E-state index is 12.6. The van der Waals surface area contributed by atoms with Crippen LogP contribution in [0.5, 0.6) is 5.75 Å². The predicted octanol–water partition coefficient (Wildman–Crippen LogP) is 2.95. The van der Waals surface area contributed by atoms with Gasteiger partial charge in [-0.15, -0.1) is 0 Å². The summed E-state index contributed by atoms with van der Waals surface area (Å²) in [5.74, 6) is 0.598. The number of nitrogens with zero attached hydrogens (tertiary/aromatic N) is 1. The van der Waals surface area contributed by atoms with E-state index in [0.29, 0.717) is 12.3 Å². The van der Waals surface area contributed by atoms with Gasteiger partial charge in [0.25, 0.3) is 5.91 Å². The SMILES string of the molecule is Cc1ccc(OC(C)C(=O)NCC(c2ccccc2)N2CCOCC2)cc1. The molecule has 0 aliphatic carbocycles. The summed E-state index contributed by atoms with van der Waals surface area (Å²) in [5.41, 5.74) is 2.36. The van der Waals surface area contributed by atoms with Crippen molar-refractivity contribution in [3.8, 4) is 5.75 Å². The molecule has 0 spiro atoms. The number of carbonyl (C=O) groups excluding carboxylic acids is 1. The van der Waals surface area contributed by atoms with Crippen LogP contribution in [0.25, 0.3) is 0 Å². The highest BCUT2D eigenvalue weighted by molar-refractivity contribution is 5.80. The van der Waals surface area contributed by atoms with Crippen molar-refractivity contribution in [2.24, 2.45) is 0 Å². The van der Waals surface area contributed by atoms with E-state index >= 15 is 0 Å². The molecule has 1 saturated heterocycles. The second-order valence-corrected chi connectivity index (χ2v) is 6.89. The number of aryl methyl sites for hydroxylation is 1. The summed E-state index contributed by atoms with van der Waals surface area (Å²) in [6, 6.07) is 18.2. The first-order chi connectivity index (χ1) is 13.1. The molecule has 2 aromatic rings. The molecule has 1 aliphatic rings. The number of nitrogens with one attached hydrogen (secondary N) is 1. The molecule has 2 aromatic carbocycles. The molecule has 1 fully saturated rings. The predicted molar refractivity (Wildman–Crippen MR) is 106 cm³/mol. The lowest BCUT2D eigenvalue weighted by Crippen LogP contribution is -2.45. The van der Waals surface area contributed by atoms with Crippen molar-refractivity contribution in [1.82, 2.24) is 10.2 Å². The van der Waals surface area contributed by atoms with Gasteiger partial charge in [0.15, 0.2) is 6.10 Å². The maximum Gasteiger partial charge on any atom is 0.260 e. The minimum absolute atomic E-state index is 0.107. The third-order valence-electron chi connectivity index (χ3n) is 4.84. The van der Waals surface area contributed by atoms with E-state index in [0.717, 1.165) is 31.9 Å². The molecule has 1 heterocycles. The van der Waals surface area contributed by atoms with Crippen LogP contribution in [0.2, 0.25) is 0 Å². The minimum Gasteiger partial charge on any atom is -0.481 e. The normalized spacial score (nSPS) is 17.1. The number of hydrogen-bond donors (Lipinski definition) is 1. The van der Waals surface area contributed by atoms with Crippen molar-refractivity contribution < 1.29 is 14.3 Å². The third-order valence-corrected chi connectivity index (χ3v) is 4.84. The van der Waals surface area contributed by atoms with E-state index in [1.54, 1.807) is 6.92 Å². The molecule has 0 radical (unpaired) electrons. The summed E-state index contributed by atoms with van der Waals surface area (Å²) in [4.78, 5) is 14.9. The van der Waals surface area contributed by atoms with Crippen LogP contribution in [-0.2, 0) is 9.53 Å². The van der Waals surface area contributed by atoms with Crippen molar-refractivity contribution in [2.75, 3.05) is 32.8 Å². The van der Waals surface area contributed by atoms with Crippen LogP contribution in [0.1, 0.15) is 24.1 Å².